The van der Waals surface area contributed by atoms with E-state index in [1.807, 2.05) is 28.7 Å². The van der Waals surface area contributed by atoms with Gasteiger partial charge in [0.25, 0.3) is 5.91 Å². The summed E-state index contributed by atoms with van der Waals surface area (Å²) in [6, 6.07) is 13.6. The summed E-state index contributed by atoms with van der Waals surface area (Å²) < 4.78 is 11.0. The van der Waals surface area contributed by atoms with E-state index in [1.165, 1.54) is 6.08 Å². The van der Waals surface area contributed by atoms with Gasteiger partial charge in [-0.15, -0.1) is 0 Å². The van der Waals surface area contributed by atoms with Crippen molar-refractivity contribution >= 4 is 57.8 Å². The molecule has 0 aromatic heterocycles. The number of carbonyl (C=O) groups is 2. The first-order valence-electron chi connectivity index (χ1n) is 8.19. The number of rotatable bonds is 7. The van der Waals surface area contributed by atoms with Gasteiger partial charge in [-0.05, 0) is 77.6 Å². The summed E-state index contributed by atoms with van der Waals surface area (Å²) in [7, 11) is 0. The van der Waals surface area contributed by atoms with Gasteiger partial charge in [0.1, 0.15) is 17.4 Å². The molecule has 0 saturated heterocycles. The number of nitrogens with one attached hydrogen (secondary N) is 1. The first kappa shape index (κ1) is 21.7. The molecule has 0 saturated carbocycles. The maximum atomic E-state index is 12.3. The number of halogens is 2. The maximum Gasteiger partial charge on any atom is 0.344 e. The molecule has 2 rings (SSSR count). The van der Waals surface area contributed by atoms with E-state index in [1.54, 1.807) is 49.4 Å². The van der Waals surface area contributed by atoms with Crippen LogP contribution in [0.3, 0.4) is 0 Å². The van der Waals surface area contributed by atoms with Gasteiger partial charge in [0, 0.05) is 10.7 Å². The molecule has 0 heterocycles. The van der Waals surface area contributed by atoms with Crippen molar-refractivity contribution < 1.29 is 19.1 Å². The zero-order valence-electron chi connectivity index (χ0n) is 14.9. The van der Waals surface area contributed by atoms with Crippen molar-refractivity contribution in [1.29, 1.82) is 5.26 Å². The molecule has 0 atom stereocenters. The number of nitriles is 1. The predicted molar refractivity (Wildman–Crippen MR) is 115 cm³/mol. The molecule has 144 valence electrons. The molecular weight excluding hydrogens is 495 g/mol. The van der Waals surface area contributed by atoms with Crippen LogP contribution in [0.25, 0.3) is 6.08 Å². The first-order chi connectivity index (χ1) is 13.4. The molecule has 2 aromatic rings. The normalized spacial score (nSPS) is 10.7. The summed E-state index contributed by atoms with van der Waals surface area (Å²) in [5.41, 5.74) is 1.13. The average molecular weight is 511 g/mol. The minimum Gasteiger partial charge on any atom is -0.481 e. The molecule has 0 spiro atoms. The second-order valence-electron chi connectivity index (χ2n) is 5.41. The van der Waals surface area contributed by atoms with Crippen LogP contribution in [0, 0.1) is 14.9 Å². The zero-order chi connectivity index (χ0) is 20.5. The van der Waals surface area contributed by atoms with Crippen molar-refractivity contribution in [2.45, 2.75) is 6.92 Å². The van der Waals surface area contributed by atoms with Crippen LogP contribution >= 0.6 is 34.2 Å². The fourth-order valence-corrected chi connectivity index (χ4v) is 2.93. The largest absolute Gasteiger partial charge is 0.481 e. The van der Waals surface area contributed by atoms with Crippen LogP contribution < -0.4 is 10.1 Å². The van der Waals surface area contributed by atoms with E-state index in [9.17, 15) is 14.9 Å². The molecular formula is C20H16ClIN2O4. The molecule has 28 heavy (non-hydrogen) atoms. The van der Waals surface area contributed by atoms with Gasteiger partial charge >= 0.3 is 5.97 Å². The predicted octanol–water partition coefficient (Wildman–Crippen LogP) is 4.43. The van der Waals surface area contributed by atoms with Crippen molar-refractivity contribution in [3.8, 4) is 11.8 Å². The lowest BCUT2D eigenvalue weighted by molar-refractivity contribution is -0.145. The van der Waals surface area contributed by atoms with Crippen molar-refractivity contribution in [2.24, 2.45) is 0 Å². The molecule has 1 N–H and O–H groups in total. The third-order valence-corrected chi connectivity index (χ3v) is 4.48. The molecule has 0 aliphatic carbocycles. The summed E-state index contributed by atoms with van der Waals surface area (Å²) in [6.45, 7) is 1.82. The first-order valence-corrected chi connectivity index (χ1v) is 9.65. The average Bonchev–Trinajstić information content (AvgIpc) is 2.67. The van der Waals surface area contributed by atoms with Crippen LogP contribution in [0.2, 0.25) is 5.02 Å². The number of benzene rings is 2. The van der Waals surface area contributed by atoms with Gasteiger partial charge in [0.2, 0.25) is 0 Å². The zero-order valence-corrected chi connectivity index (χ0v) is 17.8. The SMILES string of the molecule is CCOC(=O)COc1ccc(/C=C(/C#N)C(=O)Nc2ccc(Cl)cc2)cc1I. The third kappa shape index (κ3) is 6.55. The molecule has 1 amide bonds. The van der Waals surface area contributed by atoms with E-state index < -0.39 is 11.9 Å². The van der Waals surface area contributed by atoms with Gasteiger partial charge in [-0.3, -0.25) is 4.79 Å². The lowest BCUT2D eigenvalue weighted by Crippen LogP contribution is -2.15. The van der Waals surface area contributed by atoms with Crippen LogP contribution in [-0.2, 0) is 14.3 Å². The van der Waals surface area contributed by atoms with Gasteiger partial charge in [0.15, 0.2) is 6.61 Å². The van der Waals surface area contributed by atoms with Crippen molar-refractivity contribution in [3.05, 3.63) is 62.2 Å². The Morgan fingerprint density at radius 1 is 1.25 bits per heavy atom. The van der Waals surface area contributed by atoms with Crippen LogP contribution in [0.4, 0.5) is 5.69 Å². The van der Waals surface area contributed by atoms with Gasteiger partial charge < -0.3 is 14.8 Å². The molecule has 0 bridgehead atoms. The highest BCUT2D eigenvalue weighted by Crippen LogP contribution is 2.23. The third-order valence-electron chi connectivity index (χ3n) is 3.38. The number of amides is 1. The standard InChI is InChI=1S/C20H16ClIN2O4/c1-2-27-19(25)12-28-18-8-3-13(10-17(18)22)9-14(11-23)20(26)24-16-6-4-15(21)5-7-16/h3-10H,2,12H2,1H3,(H,24,26)/b14-9-. The maximum absolute atomic E-state index is 12.3. The van der Waals surface area contributed by atoms with Gasteiger partial charge in [-0.1, -0.05) is 17.7 Å². The number of esters is 1. The van der Waals surface area contributed by atoms with Crippen molar-refractivity contribution in [3.63, 3.8) is 0 Å². The molecule has 0 radical (unpaired) electrons. The smallest absolute Gasteiger partial charge is 0.344 e. The molecule has 0 aliphatic heterocycles. The molecule has 0 fully saturated rings. The second kappa shape index (κ2) is 10.7. The van der Waals surface area contributed by atoms with E-state index in [0.29, 0.717) is 22.0 Å². The number of hydrogen-bond acceptors (Lipinski definition) is 5. The van der Waals surface area contributed by atoms with Crippen LogP contribution in [0.1, 0.15) is 12.5 Å². The Morgan fingerprint density at radius 3 is 2.57 bits per heavy atom. The minimum absolute atomic E-state index is 0.0501. The Labute approximate surface area is 181 Å². The fourth-order valence-electron chi connectivity index (χ4n) is 2.11. The molecule has 0 aliphatic rings. The van der Waals surface area contributed by atoms with E-state index >= 15 is 0 Å². The molecule has 0 unspecified atom stereocenters. The quantitative estimate of drug-likeness (QED) is 0.258. The van der Waals surface area contributed by atoms with Gasteiger partial charge in [-0.2, -0.15) is 5.26 Å². The van der Waals surface area contributed by atoms with E-state index in [0.717, 1.165) is 3.57 Å². The highest BCUT2D eigenvalue weighted by Gasteiger charge is 2.11. The fraction of sp³-hybridized carbons (Fsp3) is 0.150. The van der Waals surface area contributed by atoms with E-state index in [4.69, 9.17) is 21.1 Å². The van der Waals surface area contributed by atoms with Crippen LogP contribution in [0.5, 0.6) is 5.75 Å². The number of nitrogens with zero attached hydrogens (tertiary/aromatic N) is 1. The number of hydrogen-bond donors (Lipinski definition) is 1. The second-order valence-corrected chi connectivity index (χ2v) is 7.01. The van der Waals surface area contributed by atoms with Crippen molar-refractivity contribution in [1.82, 2.24) is 0 Å². The lowest BCUT2D eigenvalue weighted by Gasteiger charge is -2.08. The monoisotopic (exact) mass is 510 g/mol. The Bertz CT molecular complexity index is 936. The Morgan fingerprint density at radius 2 is 1.96 bits per heavy atom. The number of anilines is 1. The van der Waals surface area contributed by atoms with E-state index in [2.05, 4.69) is 5.32 Å². The summed E-state index contributed by atoms with van der Waals surface area (Å²) in [5.74, 6) is -0.467. The van der Waals surface area contributed by atoms with Crippen molar-refractivity contribution in [2.75, 3.05) is 18.5 Å². The highest BCUT2D eigenvalue weighted by molar-refractivity contribution is 14.1. The van der Waals surface area contributed by atoms with Crippen LogP contribution in [-0.4, -0.2) is 25.1 Å². The Balaban J connectivity index is 2.09. The molecule has 8 heteroatoms. The topological polar surface area (TPSA) is 88.4 Å². The molecule has 6 nitrogen and oxygen atoms in total. The molecule has 2 aromatic carbocycles. The Hall–Kier alpha value is -2.57. The van der Waals surface area contributed by atoms with Gasteiger partial charge in [-0.25, -0.2) is 4.79 Å². The number of carbonyl (C=O) groups excluding carboxylic acids is 2. The summed E-state index contributed by atoms with van der Waals surface area (Å²) >= 11 is 7.86. The summed E-state index contributed by atoms with van der Waals surface area (Å²) in [4.78, 5) is 23.7. The number of ether oxygens (including phenoxy) is 2. The van der Waals surface area contributed by atoms with Crippen LogP contribution in [0.15, 0.2) is 48.0 Å². The summed E-state index contributed by atoms with van der Waals surface area (Å²) in [5, 5.41) is 12.5. The Kier molecular flexibility index (Phi) is 8.29. The summed E-state index contributed by atoms with van der Waals surface area (Å²) in [6.07, 6.45) is 1.47. The van der Waals surface area contributed by atoms with Gasteiger partial charge in [0.05, 0.1) is 10.2 Å². The highest BCUT2D eigenvalue weighted by atomic mass is 127. The lowest BCUT2D eigenvalue weighted by atomic mass is 10.1. The minimum atomic E-state index is -0.525. The van der Waals surface area contributed by atoms with E-state index in [-0.39, 0.29) is 18.8 Å².